The summed E-state index contributed by atoms with van der Waals surface area (Å²) in [6.45, 7) is 5.28. The third-order valence-electron chi connectivity index (χ3n) is 3.71. The zero-order chi connectivity index (χ0) is 17.6. The normalized spacial score (nSPS) is 11.4. The lowest BCUT2D eigenvalue weighted by Gasteiger charge is -2.20. The number of benzene rings is 1. The van der Waals surface area contributed by atoms with Gasteiger partial charge in [-0.15, -0.1) is 0 Å². The molecule has 6 heteroatoms. The van der Waals surface area contributed by atoms with E-state index in [9.17, 15) is 5.11 Å². The van der Waals surface area contributed by atoms with Crippen LogP contribution in [0, 0.1) is 0 Å². The molecule has 0 radical (unpaired) electrons. The average molecular weight is 352 g/mol. The van der Waals surface area contributed by atoms with E-state index in [1.54, 1.807) is 19.4 Å². The van der Waals surface area contributed by atoms with Gasteiger partial charge in [-0.25, -0.2) is 4.98 Å². The van der Waals surface area contributed by atoms with E-state index in [1.165, 1.54) is 0 Å². The minimum Gasteiger partial charge on any atom is -0.493 e. The minimum absolute atomic E-state index is 0.125. The second kappa shape index (κ2) is 8.33. The molecule has 0 aliphatic rings. The number of nitrogens with zero attached hydrogens (tertiary/aromatic N) is 1. The van der Waals surface area contributed by atoms with E-state index in [0.29, 0.717) is 23.3 Å². The van der Waals surface area contributed by atoms with Crippen LogP contribution in [0.15, 0.2) is 36.5 Å². The summed E-state index contributed by atoms with van der Waals surface area (Å²) in [7, 11) is 1.62. The van der Waals surface area contributed by atoms with Crippen LogP contribution in [-0.4, -0.2) is 29.3 Å². The largest absolute Gasteiger partial charge is 0.493 e. The Morgan fingerprint density at radius 2 is 1.92 bits per heavy atom. The Balaban J connectivity index is 2.01. The van der Waals surface area contributed by atoms with Crippen molar-refractivity contribution in [3.63, 3.8) is 0 Å². The van der Waals surface area contributed by atoms with Crippen LogP contribution in [0.3, 0.4) is 0 Å². The first-order valence-corrected chi connectivity index (χ1v) is 8.17. The number of halogens is 1. The van der Waals surface area contributed by atoms with Gasteiger partial charge < -0.3 is 19.9 Å². The Hall–Kier alpha value is -1.82. The molecule has 0 aliphatic heterocycles. The van der Waals surface area contributed by atoms with Gasteiger partial charge in [0.1, 0.15) is 23.8 Å². The number of methoxy groups -OCH3 is 1. The summed E-state index contributed by atoms with van der Waals surface area (Å²) >= 11 is 5.78. The SMILES string of the molecule is COc1cc(C[NH2+]C(C)(C)CO)ccc1OCc1ccc(Cl)nc1. The number of aliphatic hydroxyl groups is 1. The van der Waals surface area contributed by atoms with E-state index in [2.05, 4.69) is 10.3 Å². The van der Waals surface area contributed by atoms with Crippen LogP contribution in [0.25, 0.3) is 0 Å². The zero-order valence-corrected chi connectivity index (χ0v) is 15.0. The van der Waals surface area contributed by atoms with Crippen molar-refractivity contribution >= 4 is 11.6 Å². The van der Waals surface area contributed by atoms with Gasteiger partial charge in [0.15, 0.2) is 11.5 Å². The van der Waals surface area contributed by atoms with Crippen molar-refractivity contribution in [3.8, 4) is 11.5 Å². The summed E-state index contributed by atoms with van der Waals surface area (Å²) < 4.78 is 11.2. The van der Waals surface area contributed by atoms with Crippen molar-refractivity contribution in [2.24, 2.45) is 0 Å². The van der Waals surface area contributed by atoms with Crippen molar-refractivity contribution in [1.29, 1.82) is 0 Å². The van der Waals surface area contributed by atoms with Gasteiger partial charge in [0.05, 0.1) is 13.7 Å². The molecular weight excluding hydrogens is 328 g/mol. The first kappa shape index (κ1) is 18.5. The molecule has 2 aromatic rings. The third-order valence-corrected chi connectivity index (χ3v) is 3.93. The van der Waals surface area contributed by atoms with Gasteiger partial charge in [0, 0.05) is 17.3 Å². The maximum atomic E-state index is 9.32. The minimum atomic E-state index is -0.204. The number of hydrogen-bond donors (Lipinski definition) is 2. The average Bonchev–Trinajstić information content (AvgIpc) is 2.60. The summed E-state index contributed by atoms with van der Waals surface area (Å²) in [5.41, 5.74) is 1.83. The molecule has 130 valence electrons. The predicted molar refractivity (Wildman–Crippen MR) is 93.4 cm³/mol. The highest BCUT2D eigenvalue weighted by molar-refractivity contribution is 6.29. The summed E-state index contributed by atoms with van der Waals surface area (Å²) in [5.74, 6) is 1.36. The van der Waals surface area contributed by atoms with Gasteiger partial charge >= 0.3 is 0 Å². The molecule has 0 atom stereocenters. The lowest BCUT2D eigenvalue weighted by Crippen LogP contribution is -2.95. The number of ether oxygens (including phenoxy) is 2. The Morgan fingerprint density at radius 3 is 2.54 bits per heavy atom. The number of nitrogens with two attached hydrogens (primary N) is 1. The molecule has 0 saturated carbocycles. The van der Waals surface area contributed by atoms with E-state index >= 15 is 0 Å². The molecule has 0 amide bonds. The molecule has 5 nitrogen and oxygen atoms in total. The van der Waals surface area contributed by atoms with Crippen molar-refractivity contribution in [1.82, 2.24) is 4.98 Å². The molecular formula is C18H24ClN2O3+. The summed E-state index contributed by atoms with van der Waals surface area (Å²) in [5, 5.41) is 11.9. The van der Waals surface area contributed by atoms with E-state index in [1.807, 2.05) is 38.1 Å². The fraction of sp³-hybridized carbons (Fsp3) is 0.389. The molecule has 0 spiro atoms. The molecule has 1 aromatic heterocycles. The van der Waals surface area contributed by atoms with Crippen LogP contribution in [0.1, 0.15) is 25.0 Å². The molecule has 0 bridgehead atoms. The topological polar surface area (TPSA) is 68.2 Å². The Kier molecular flexibility index (Phi) is 6.43. The highest BCUT2D eigenvalue weighted by Crippen LogP contribution is 2.28. The molecule has 0 aliphatic carbocycles. The predicted octanol–water partition coefficient (Wildman–Crippen LogP) is 2.16. The number of hydrogen-bond acceptors (Lipinski definition) is 4. The van der Waals surface area contributed by atoms with Crippen molar-refractivity contribution in [3.05, 3.63) is 52.8 Å². The smallest absolute Gasteiger partial charge is 0.161 e. The number of aromatic nitrogens is 1. The number of pyridine rings is 1. The summed E-state index contributed by atoms with van der Waals surface area (Å²) in [6, 6.07) is 9.47. The third kappa shape index (κ3) is 5.37. The maximum Gasteiger partial charge on any atom is 0.161 e. The van der Waals surface area contributed by atoms with Crippen LogP contribution >= 0.6 is 11.6 Å². The van der Waals surface area contributed by atoms with Gasteiger partial charge in [-0.1, -0.05) is 17.7 Å². The van der Waals surface area contributed by atoms with Gasteiger partial charge in [-0.2, -0.15) is 0 Å². The van der Waals surface area contributed by atoms with E-state index in [-0.39, 0.29) is 12.1 Å². The van der Waals surface area contributed by atoms with Gasteiger partial charge in [-0.05, 0) is 38.1 Å². The summed E-state index contributed by atoms with van der Waals surface area (Å²) in [4.78, 5) is 4.03. The lowest BCUT2D eigenvalue weighted by atomic mass is 10.1. The molecule has 2 rings (SSSR count). The van der Waals surface area contributed by atoms with Crippen LogP contribution in [0.4, 0.5) is 0 Å². The molecule has 1 aromatic carbocycles. The fourth-order valence-electron chi connectivity index (χ4n) is 2.07. The van der Waals surface area contributed by atoms with Crippen LogP contribution in [0.5, 0.6) is 11.5 Å². The van der Waals surface area contributed by atoms with Crippen LogP contribution < -0.4 is 14.8 Å². The standard InChI is InChI=1S/C18H23ClN2O3/c1-18(2,12-22)21-10-13-4-6-15(16(8-13)23-3)24-11-14-5-7-17(19)20-9-14/h4-9,21-22H,10-12H2,1-3H3/p+1. The van der Waals surface area contributed by atoms with Crippen LogP contribution in [0.2, 0.25) is 5.15 Å². The van der Waals surface area contributed by atoms with Crippen molar-refractivity contribution < 1.29 is 19.9 Å². The van der Waals surface area contributed by atoms with E-state index in [4.69, 9.17) is 21.1 Å². The van der Waals surface area contributed by atoms with Gasteiger partial charge in [0.2, 0.25) is 0 Å². The zero-order valence-electron chi connectivity index (χ0n) is 14.3. The second-order valence-electron chi connectivity index (χ2n) is 6.32. The first-order chi connectivity index (χ1) is 11.4. The quantitative estimate of drug-likeness (QED) is 0.715. The lowest BCUT2D eigenvalue weighted by molar-refractivity contribution is -0.736. The molecule has 0 fully saturated rings. The number of aliphatic hydroxyl groups excluding tert-OH is 1. The first-order valence-electron chi connectivity index (χ1n) is 7.79. The van der Waals surface area contributed by atoms with Crippen LogP contribution in [-0.2, 0) is 13.2 Å². The summed E-state index contributed by atoms with van der Waals surface area (Å²) in [6.07, 6.45) is 1.69. The van der Waals surface area contributed by atoms with E-state index in [0.717, 1.165) is 17.7 Å². The van der Waals surface area contributed by atoms with Crippen molar-refractivity contribution in [2.45, 2.75) is 32.5 Å². The number of rotatable bonds is 8. The van der Waals surface area contributed by atoms with Gasteiger partial charge in [0.25, 0.3) is 0 Å². The van der Waals surface area contributed by atoms with Crippen molar-refractivity contribution in [2.75, 3.05) is 13.7 Å². The highest BCUT2D eigenvalue weighted by Gasteiger charge is 2.19. The maximum absolute atomic E-state index is 9.32. The fourth-order valence-corrected chi connectivity index (χ4v) is 2.18. The second-order valence-corrected chi connectivity index (χ2v) is 6.71. The van der Waals surface area contributed by atoms with E-state index < -0.39 is 0 Å². The number of quaternary nitrogens is 1. The molecule has 24 heavy (non-hydrogen) atoms. The molecule has 1 heterocycles. The Morgan fingerprint density at radius 1 is 1.17 bits per heavy atom. The highest BCUT2D eigenvalue weighted by atomic mass is 35.5. The molecule has 0 saturated heterocycles. The molecule has 3 N–H and O–H groups in total. The Labute approximate surface area is 147 Å². The van der Waals surface area contributed by atoms with Gasteiger partial charge in [-0.3, -0.25) is 0 Å². The Bertz CT molecular complexity index is 660. The molecule has 0 unspecified atom stereocenters. The monoisotopic (exact) mass is 351 g/mol.